The Morgan fingerprint density at radius 3 is 2.41 bits per heavy atom. The van der Waals surface area contributed by atoms with Crippen molar-refractivity contribution in [3.05, 3.63) is 65.5 Å². The number of nitrogens with one attached hydrogen (secondary N) is 1. The van der Waals surface area contributed by atoms with Crippen LogP contribution in [-0.4, -0.2) is 10.9 Å². The molecule has 0 aliphatic heterocycles. The molecule has 2 aromatic rings. The fourth-order valence-electron chi connectivity index (χ4n) is 2.40. The third kappa shape index (κ3) is 4.69. The van der Waals surface area contributed by atoms with E-state index in [9.17, 15) is 4.79 Å². The Balaban J connectivity index is 1.92. The van der Waals surface area contributed by atoms with Gasteiger partial charge >= 0.3 is 0 Å². The molecule has 0 aliphatic carbocycles. The van der Waals surface area contributed by atoms with Gasteiger partial charge in [0.15, 0.2) is 0 Å². The molecule has 22 heavy (non-hydrogen) atoms. The molecular weight excluding hydrogens is 272 g/mol. The number of carbonyl (C=O) groups excluding carboxylic acids is 1. The first-order valence-corrected chi connectivity index (χ1v) is 7.82. The molecule has 0 aliphatic rings. The van der Waals surface area contributed by atoms with E-state index in [2.05, 4.69) is 48.4 Å². The van der Waals surface area contributed by atoms with Crippen LogP contribution in [0.5, 0.6) is 0 Å². The number of carbonyl (C=O) groups is 1. The van der Waals surface area contributed by atoms with Gasteiger partial charge in [0.1, 0.15) is 0 Å². The zero-order chi connectivity index (χ0) is 15.9. The van der Waals surface area contributed by atoms with Crippen LogP contribution >= 0.6 is 0 Å². The number of amides is 1. The number of hydrogen-bond acceptors (Lipinski definition) is 2. The zero-order valence-corrected chi connectivity index (χ0v) is 13.5. The van der Waals surface area contributed by atoms with Crippen LogP contribution < -0.4 is 5.32 Å². The second-order valence-corrected chi connectivity index (χ2v) is 6.10. The van der Waals surface area contributed by atoms with Crippen molar-refractivity contribution in [2.75, 3.05) is 0 Å². The molecule has 1 aromatic heterocycles. The lowest BCUT2D eigenvalue weighted by atomic mass is 9.96. The van der Waals surface area contributed by atoms with Crippen LogP contribution in [0.25, 0.3) is 0 Å². The number of rotatable bonds is 6. The van der Waals surface area contributed by atoms with E-state index in [1.165, 1.54) is 5.56 Å². The topological polar surface area (TPSA) is 42.0 Å². The third-order valence-electron chi connectivity index (χ3n) is 3.69. The van der Waals surface area contributed by atoms with Crippen molar-refractivity contribution in [1.29, 1.82) is 0 Å². The van der Waals surface area contributed by atoms with E-state index < -0.39 is 0 Å². The van der Waals surface area contributed by atoms with E-state index in [0.29, 0.717) is 12.5 Å². The van der Waals surface area contributed by atoms with Crippen LogP contribution in [0.3, 0.4) is 0 Å². The number of aromatic nitrogens is 1. The lowest BCUT2D eigenvalue weighted by molar-refractivity contribution is -0.122. The van der Waals surface area contributed by atoms with Gasteiger partial charge in [-0.05, 0) is 42.5 Å². The Bertz CT molecular complexity index is 591. The van der Waals surface area contributed by atoms with Gasteiger partial charge in [0.05, 0.1) is 18.2 Å². The number of benzene rings is 1. The molecule has 3 nitrogen and oxygen atoms in total. The maximum absolute atomic E-state index is 12.2. The van der Waals surface area contributed by atoms with Gasteiger partial charge in [-0.25, -0.2) is 0 Å². The van der Waals surface area contributed by atoms with Crippen LogP contribution in [0.1, 0.15) is 43.5 Å². The maximum atomic E-state index is 12.2. The Kier molecular flexibility index (Phi) is 5.70. The molecule has 0 saturated carbocycles. The molecule has 0 radical (unpaired) electrons. The van der Waals surface area contributed by atoms with Gasteiger partial charge in [0, 0.05) is 6.20 Å². The maximum Gasteiger partial charge on any atom is 0.227 e. The molecule has 116 valence electrons. The fraction of sp³-hybridized carbons (Fsp3) is 0.368. The largest absolute Gasteiger partial charge is 0.350 e. The van der Waals surface area contributed by atoms with Crippen LogP contribution in [0.4, 0.5) is 0 Å². The van der Waals surface area contributed by atoms with E-state index >= 15 is 0 Å². The highest BCUT2D eigenvalue weighted by atomic mass is 16.1. The monoisotopic (exact) mass is 296 g/mol. The highest BCUT2D eigenvalue weighted by molar-refractivity contribution is 5.83. The Morgan fingerprint density at radius 1 is 1.09 bits per heavy atom. The summed E-state index contributed by atoms with van der Waals surface area (Å²) in [6.45, 7) is 6.82. The van der Waals surface area contributed by atoms with E-state index in [4.69, 9.17) is 0 Å². The van der Waals surface area contributed by atoms with Crippen LogP contribution in [-0.2, 0) is 17.8 Å². The quantitative estimate of drug-likeness (QED) is 0.883. The predicted molar refractivity (Wildman–Crippen MR) is 89.5 cm³/mol. The third-order valence-corrected chi connectivity index (χ3v) is 3.69. The van der Waals surface area contributed by atoms with Gasteiger partial charge < -0.3 is 5.32 Å². The van der Waals surface area contributed by atoms with Gasteiger partial charge in [-0.15, -0.1) is 0 Å². The number of nitrogens with zero attached hydrogens (tertiary/aromatic N) is 1. The molecule has 0 saturated heterocycles. The van der Waals surface area contributed by atoms with Crippen molar-refractivity contribution in [2.45, 2.75) is 39.7 Å². The summed E-state index contributed by atoms with van der Waals surface area (Å²) >= 11 is 0. The SMILES string of the molecule is CC(C)Cc1ccc([C@H](C)C(=O)NCc2ccccn2)cc1. The Labute approximate surface area is 132 Å². The van der Waals surface area contributed by atoms with Gasteiger partial charge in [-0.1, -0.05) is 44.2 Å². The molecule has 3 heteroatoms. The molecule has 2 rings (SSSR count). The van der Waals surface area contributed by atoms with Crippen molar-refractivity contribution in [3.63, 3.8) is 0 Å². The summed E-state index contributed by atoms with van der Waals surface area (Å²) in [6, 6.07) is 14.1. The molecule has 1 aromatic carbocycles. The second-order valence-electron chi connectivity index (χ2n) is 6.10. The molecule has 1 heterocycles. The second kappa shape index (κ2) is 7.74. The Morgan fingerprint density at radius 2 is 1.82 bits per heavy atom. The van der Waals surface area contributed by atoms with Crippen molar-refractivity contribution < 1.29 is 4.79 Å². The lowest BCUT2D eigenvalue weighted by Gasteiger charge is -2.13. The first-order chi connectivity index (χ1) is 10.6. The minimum absolute atomic E-state index is 0.0299. The normalized spacial score (nSPS) is 12.2. The summed E-state index contributed by atoms with van der Waals surface area (Å²) in [6.07, 6.45) is 2.80. The molecule has 0 bridgehead atoms. The van der Waals surface area contributed by atoms with Gasteiger partial charge in [0.25, 0.3) is 0 Å². The van der Waals surface area contributed by atoms with Gasteiger partial charge in [0.2, 0.25) is 5.91 Å². The molecule has 1 amide bonds. The number of pyridine rings is 1. The smallest absolute Gasteiger partial charge is 0.227 e. The molecule has 0 unspecified atom stereocenters. The van der Waals surface area contributed by atoms with Crippen molar-refractivity contribution >= 4 is 5.91 Å². The average molecular weight is 296 g/mol. The van der Waals surface area contributed by atoms with Crippen molar-refractivity contribution in [3.8, 4) is 0 Å². The molecule has 1 atom stereocenters. The van der Waals surface area contributed by atoms with Gasteiger partial charge in [-0.3, -0.25) is 9.78 Å². The van der Waals surface area contributed by atoms with Crippen LogP contribution in [0, 0.1) is 5.92 Å². The summed E-state index contributed by atoms with van der Waals surface area (Å²) in [7, 11) is 0. The first-order valence-electron chi connectivity index (χ1n) is 7.82. The minimum Gasteiger partial charge on any atom is -0.350 e. The summed E-state index contributed by atoms with van der Waals surface area (Å²) in [5.74, 6) is 0.518. The summed E-state index contributed by atoms with van der Waals surface area (Å²) in [4.78, 5) is 16.4. The lowest BCUT2D eigenvalue weighted by Crippen LogP contribution is -2.27. The fourth-order valence-corrected chi connectivity index (χ4v) is 2.40. The first kappa shape index (κ1) is 16.2. The predicted octanol–water partition coefficient (Wildman–Crippen LogP) is 3.70. The summed E-state index contributed by atoms with van der Waals surface area (Å²) in [5.41, 5.74) is 3.24. The van der Waals surface area contributed by atoms with Crippen molar-refractivity contribution in [1.82, 2.24) is 10.3 Å². The van der Waals surface area contributed by atoms with E-state index in [1.807, 2.05) is 25.1 Å². The highest BCUT2D eigenvalue weighted by Crippen LogP contribution is 2.17. The summed E-state index contributed by atoms with van der Waals surface area (Å²) in [5, 5.41) is 2.94. The van der Waals surface area contributed by atoms with E-state index in [0.717, 1.165) is 17.7 Å². The van der Waals surface area contributed by atoms with Gasteiger partial charge in [-0.2, -0.15) is 0 Å². The molecular formula is C19H24N2O. The standard InChI is InChI=1S/C19H24N2O/c1-14(2)12-16-7-9-17(10-8-16)15(3)19(22)21-13-18-6-4-5-11-20-18/h4-11,14-15H,12-13H2,1-3H3,(H,21,22)/t15-/m0/s1. The zero-order valence-electron chi connectivity index (χ0n) is 13.5. The van der Waals surface area contributed by atoms with Crippen LogP contribution in [0.2, 0.25) is 0 Å². The van der Waals surface area contributed by atoms with E-state index in [-0.39, 0.29) is 11.8 Å². The van der Waals surface area contributed by atoms with Crippen molar-refractivity contribution in [2.24, 2.45) is 5.92 Å². The average Bonchev–Trinajstić information content (AvgIpc) is 2.53. The highest BCUT2D eigenvalue weighted by Gasteiger charge is 2.15. The molecule has 0 fully saturated rings. The summed E-state index contributed by atoms with van der Waals surface area (Å²) < 4.78 is 0. The Hall–Kier alpha value is -2.16. The number of hydrogen-bond donors (Lipinski definition) is 1. The molecule has 0 spiro atoms. The van der Waals surface area contributed by atoms with Crippen LogP contribution in [0.15, 0.2) is 48.7 Å². The minimum atomic E-state index is -0.156. The van der Waals surface area contributed by atoms with E-state index in [1.54, 1.807) is 6.20 Å². The molecule has 1 N–H and O–H groups in total.